The van der Waals surface area contributed by atoms with Gasteiger partial charge in [0.15, 0.2) is 0 Å². The van der Waals surface area contributed by atoms with Crippen molar-refractivity contribution >= 4 is 5.97 Å². The van der Waals surface area contributed by atoms with E-state index in [1.807, 2.05) is 0 Å². The van der Waals surface area contributed by atoms with E-state index >= 15 is 0 Å². The summed E-state index contributed by atoms with van der Waals surface area (Å²) < 4.78 is 0. The highest BCUT2D eigenvalue weighted by Gasteiger charge is 2.39. The Balaban J connectivity index is 0. The van der Waals surface area contributed by atoms with Crippen LogP contribution in [0.25, 0.3) is 0 Å². The van der Waals surface area contributed by atoms with E-state index in [9.17, 15) is 9.90 Å². The molecule has 0 aromatic carbocycles. The standard InChI is InChI=1S/C37H74O2.H3N/c1-6-9-11-13-15-17-19-21-22-24-26-28-30-32-35(34(4)5)37(8-3,36(38)39)33-31-29-27-25-23-20-18-16-14-12-10-7-2;/h34-35H,6-33H2,1-5H3,(H,38,39);1H3. The van der Waals surface area contributed by atoms with Gasteiger partial charge >= 0.3 is 0 Å². The highest BCUT2D eigenvalue weighted by atomic mass is 16.4. The number of hydrogen-bond acceptors (Lipinski definition) is 2. The molecule has 0 spiro atoms. The second-order valence-electron chi connectivity index (χ2n) is 13.3. The second-order valence-corrected chi connectivity index (χ2v) is 13.3. The lowest BCUT2D eigenvalue weighted by atomic mass is 9.64. The molecule has 0 heterocycles. The summed E-state index contributed by atoms with van der Waals surface area (Å²) in [5.41, 5.74) is -0.635. The number of aliphatic carboxylic acids is 1. The predicted molar refractivity (Wildman–Crippen MR) is 178 cm³/mol. The summed E-state index contributed by atoms with van der Waals surface area (Å²) in [6, 6.07) is 0. The zero-order valence-electron chi connectivity index (χ0n) is 28.8. The van der Waals surface area contributed by atoms with Crippen LogP contribution in [0.3, 0.4) is 0 Å². The zero-order valence-corrected chi connectivity index (χ0v) is 28.8. The molecule has 0 saturated heterocycles. The number of hydrogen-bond donors (Lipinski definition) is 1. The van der Waals surface area contributed by atoms with Crippen LogP contribution in [0.2, 0.25) is 0 Å². The van der Waals surface area contributed by atoms with Gasteiger partial charge in [-0.1, -0.05) is 195 Å². The molecule has 0 rings (SSSR count). The molecule has 3 nitrogen and oxygen atoms in total. The fraction of sp³-hybridized carbons (Fsp3) is 0.973. The molecule has 40 heavy (non-hydrogen) atoms. The van der Waals surface area contributed by atoms with Crippen LogP contribution < -0.4 is 11.3 Å². The highest BCUT2D eigenvalue weighted by Crippen LogP contribution is 2.44. The smallest absolute Gasteiger partial charge is 0.0478 e. The van der Waals surface area contributed by atoms with Crippen molar-refractivity contribution in [3.05, 3.63) is 0 Å². The maximum atomic E-state index is 12.6. The zero-order chi connectivity index (χ0) is 29.0. The third kappa shape index (κ3) is 21.2. The van der Waals surface area contributed by atoms with Crippen molar-refractivity contribution in [3.8, 4) is 0 Å². The van der Waals surface area contributed by atoms with Crippen LogP contribution in [0, 0.1) is 17.3 Å². The second kappa shape index (κ2) is 29.9. The van der Waals surface area contributed by atoms with E-state index in [2.05, 4.69) is 34.6 Å². The van der Waals surface area contributed by atoms with Gasteiger partial charge in [0, 0.05) is 11.4 Å². The molecular formula is C37H77NO2. The van der Waals surface area contributed by atoms with Gasteiger partial charge in [-0.05, 0) is 31.1 Å². The van der Waals surface area contributed by atoms with E-state index in [0.29, 0.717) is 12.3 Å². The number of rotatable bonds is 31. The van der Waals surface area contributed by atoms with E-state index in [-0.39, 0.29) is 12.1 Å². The average molecular weight is 568 g/mol. The molecule has 0 radical (unpaired) electrons. The van der Waals surface area contributed by atoms with Gasteiger partial charge in [0.2, 0.25) is 0 Å². The first-order valence-corrected chi connectivity index (χ1v) is 18.2. The minimum atomic E-state index is -0.776. The molecular weight excluding hydrogens is 490 g/mol. The summed E-state index contributed by atoms with van der Waals surface area (Å²) in [5.74, 6) is -0.133. The van der Waals surface area contributed by atoms with Crippen molar-refractivity contribution in [1.29, 1.82) is 0 Å². The van der Waals surface area contributed by atoms with Crippen LogP contribution in [0.1, 0.15) is 214 Å². The number of carboxylic acid groups (broad SMARTS) is 1. The van der Waals surface area contributed by atoms with Gasteiger partial charge < -0.3 is 16.1 Å². The molecule has 4 N–H and O–H groups in total. The molecule has 0 saturated carbocycles. The molecule has 0 aromatic heterocycles. The number of unbranched alkanes of at least 4 members (excludes halogenated alkanes) is 23. The SMILES string of the molecule is CCCCCCCCCCCCCCCC(C(C)C)C(CC)(CCCCCCCCCCCCCC)C(=O)[O-].[NH4+]. The summed E-state index contributed by atoms with van der Waals surface area (Å²) in [7, 11) is 0. The number of carbonyl (C=O) groups excluding carboxylic acids is 1. The lowest BCUT2D eigenvalue weighted by molar-refractivity contribution is -0.324. The predicted octanol–water partition coefficient (Wildman–Crippen LogP) is 12.4. The van der Waals surface area contributed by atoms with Crippen molar-refractivity contribution in [2.75, 3.05) is 0 Å². The van der Waals surface area contributed by atoms with Gasteiger partial charge in [0.05, 0.1) is 0 Å². The Labute approximate surface area is 253 Å². The Morgan fingerprint density at radius 2 is 0.825 bits per heavy atom. The number of carboxylic acids is 1. The van der Waals surface area contributed by atoms with Crippen molar-refractivity contribution in [2.24, 2.45) is 17.3 Å². The van der Waals surface area contributed by atoms with Crippen LogP contribution in [-0.2, 0) is 4.79 Å². The van der Waals surface area contributed by atoms with Crippen molar-refractivity contribution in [3.63, 3.8) is 0 Å². The fourth-order valence-electron chi connectivity index (χ4n) is 6.93. The van der Waals surface area contributed by atoms with Gasteiger partial charge in [-0.3, -0.25) is 0 Å². The molecule has 0 aliphatic heterocycles. The molecule has 242 valence electrons. The van der Waals surface area contributed by atoms with Gasteiger partial charge in [0.1, 0.15) is 0 Å². The first-order valence-electron chi connectivity index (χ1n) is 18.2. The van der Waals surface area contributed by atoms with Gasteiger partial charge in [0.25, 0.3) is 0 Å². The molecule has 3 heteroatoms. The van der Waals surface area contributed by atoms with Crippen LogP contribution >= 0.6 is 0 Å². The van der Waals surface area contributed by atoms with Crippen molar-refractivity contribution in [1.82, 2.24) is 6.15 Å². The Morgan fingerprint density at radius 1 is 0.525 bits per heavy atom. The minimum Gasteiger partial charge on any atom is -0.550 e. The Hall–Kier alpha value is -0.570. The molecule has 2 unspecified atom stereocenters. The van der Waals surface area contributed by atoms with E-state index in [0.717, 1.165) is 19.3 Å². The summed E-state index contributed by atoms with van der Waals surface area (Å²) >= 11 is 0. The third-order valence-electron chi connectivity index (χ3n) is 9.65. The number of quaternary nitrogens is 1. The first-order chi connectivity index (χ1) is 19.0. The number of carbonyl (C=O) groups is 1. The van der Waals surface area contributed by atoms with Crippen LogP contribution in [0.4, 0.5) is 0 Å². The first kappa shape index (κ1) is 41.6. The summed E-state index contributed by atoms with van der Waals surface area (Å²) in [5, 5.41) is 12.6. The Bertz CT molecular complexity index is 520. The molecule has 0 amide bonds. The van der Waals surface area contributed by atoms with Crippen molar-refractivity contribution < 1.29 is 9.90 Å². The largest absolute Gasteiger partial charge is 0.550 e. The monoisotopic (exact) mass is 568 g/mol. The Kier molecular flexibility index (Phi) is 31.1. The van der Waals surface area contributed by atoms with Gasteiger partial charge in [-0.25, -0.2) is 0 Å². The lowest BCUT2D eigenvalue weighted by Crippen LogP contribution is -2.48. The van der Waals surface area contributed by atoms with Crippen LogP contribution in [0.5, 0.6) is 0 Å². The lowest BCUT2D eigenvalue weighted by Gasteiger charge is -2.44. The van der Waals surface area contributed by atoms with Gasteiger partial charge in [-0.2, -0.15) is 0 Å². The normalized spacial score (nSPS) is 13.8. The topological polar surface area (TPSA) is 76.6 Å². The quantitative estimate of drug-likeness (QED) is 0.0845. The van der Waals surface area contributed by atoms with E-state index < -0.39 is 11.4 Å². The summed E-state index contributed by atoms with van der Waals surface area (Å²) in [6.07, 6.45) is 36.1. The van der Waals surface area contributed by atoms with E-state index in [1.54, 1.807) is 0 Å². The molecule has 0 bridgehead atoms. The van der Waals surface area contributed by atoms with E-state index in [1.165, 1.54) is 154 Å². The highest BCUT2D eigenvalue weighted by molar-refractivity contribution is 5.72. The van der Waals surface area contributed by atoms with Gasteiger partial charge in [-0.15, -0.1) is 0 Å². The van der Waals surface area contributed by atoms with E-state index in [4.69, 9.17) is 0 Å². The van der Waals surface area contributed by atoms with Crippen molar-refractivity contribution in [2.45, 2.75) is 214 Å². The fourth-order valence-corrected chi connectivity index (χ4v) is 6.93. The molecule has 0 aliphatic carbocycles. The maximum absolute atomic E-state index is 12.6. The molecule has 0 aromatic rings. The maximum Gasteiger partial charge on any atom is 0.0478 e. The summed E-state index contributed by atoms with van der Waals surface area (Å²) in [4.78, 5) is 12.6. The molecule has 0 aliphatic rings. The van der Waals surface area contributed by atoms with Crippen LogP contribution in [0.15, 0.2) is 0 Å². The summed E-state index contributed by atoms with van der Waals surface area (Å²) in [6.45, 7) is 11.1. The molecule has 2 atom stereocenters. The third-order valence-corrected chi connectivity index (χ3v) is 9.65. The molecule has 0 fully saturated rings. The average Bonchev–Trinajstić information content (AvgIpc) is 2.92. The van der Waals surface area contributed by atoms with Crippen LogP contribution in [-0.4, -0.2) is 5.97 Å². The minimum absolute atomic E-state index is 0. The Morgan fingerprint density at radius 3 is 1.10 bits per heavy atom.